The number of carboxylic acids is 1. The minimum absolute atomic E-state index is 0.000926. The molecule has 1 amide bonds. The summed E-state index contributed by atoms with van der Waals surface area (Å²) in [6.45, 7) is 4.44. The van der Waals surface area contributed by atoms with E-state index in [-0.39, 0.29) is 11.9 Å². The van der Waals surface area contributed by atoms with Crippen molar-refractivity contribution in [2.24, 2.45) is 0 Å². The molecule has 2 atom stereocenters. The molecule has 5 nitrogen and oxygen atoms in total. The molecule has 2 aliphatic rings. The van der Waals surface area contributed by atoms with Crippen molar-refractivity contribution in [1.29, 1.82) is 0 Å². The van der Waals surface area contributed by atoms with Crippen LogP contribution in [0.2, 0.25) is 0 Å². The first kappa shape index (κ1) is 15.3. The summed E-state index contributed by atoms with van der Waals surface area (Å²) < 4.78 is 0. The summed E-state index contributed by atoms with van der Waals surface area (Å²) in [6, 6.07) is -0.807. The number of rotatable bonds is 3. The molecule has 0 aliphatic carbocycles. The van der Waals surface area contributed by atoms with Gasteiger partial charge in [0.2, 0.25) is 5.91 Å². The summed E-state index contributed by atoms with van der Waals surface area (Å²) in [5.41, 5.74) is 0. The second-order valence-electron chi connectivity index (χ2n) is 6.01. The van der Waals surface area contributed by atoms with Crippen LogP contribution in [0.3, 0.4) is 0 Å². The molecule has 2 unspecified atom stereocenters. The van der Waals surface area contributed by atoms with Crippen LogP contribution >= 0.6 is 0 Å². The molecule has 0 aromatic heterocycles. The largest absolute Gasteiger partial charge is 0.480 e. The van der Waals surface area contributed by atoms with Crippen molar-refractivity contribution in [3.63, 3.8) is 0 Å². The Morgan fingerprint density at radius 2 is 1.60 bits per heavy atom. The van der Waals surface area contributed by atoms with Crippen LogP contribution in [0.25, 0.3) is 0 Å². The van der Waals surface area contributed by atoms with Crippen molar-refractivity contribution >= 4 is 11.9 Å². The minimum Gasteiger partial charge on any atom is -0.480 e. The van der Waals surface area contributed by atoms with Gasteiger partial charge in [-0.2, -0.15) is 0 Å². The molecule has 20 heavy (non-hydrogen) atoms. The predicted octanol–water partition coefficient (Wildman–Crippen LogP) is 1.72. The van der Waals surface area contributed by atoms with Crippen LogP contribution in [0.15, 0.2) is 0 Å². The zero-order chi connectivity index (χ0) is 14.5. The van der Waals surface area contributed by atoms with Crippen LogP contribution in [-0.2, 0) is 9.59 Å². The van der Waals surface area contributed by atoms with Gasteiger partial charge in [0.05, 0.1) is 6.04 Å². The Morgan fingerprint density at radius 3 is 2.20 bits per heavy atom. The number of amides is 1. The molecule has 0 radical (unpaired) electrons. The second kappa shape index (κ2) is 7.07. The summed E-state index contributed by atoms with van der Waals surface area (Å²) in [7, 11) is 0. The fraction of sp³-hybridized carbons (Fsp3) is 0.867. The number of aliphatic carboxylic acids is 1. The highest BCUT2D eigenvalue weighted by Gasteiger charge is 2.35. The van der Waals surface area contributed by atoms with Crippen LogP contribution in [0.4, 0.5) is 0 Å². The standard InChI is InChI=1S/C15H26N2O3/c1-12(16-9-5-2-3-6-10-16)14(18)17-11-7-4-8-13(17)15(19)20/h12-13H,2-11H2,1H3,(H,19,20). The zero-order valence-corrected chi connectivity index (χ0v) is 12.4. The van der Waals surface area contributed by atoms with E-state index in [4.69, 9.17) is 0 Å². The van der Waals surface area contributed by atoms with E-state index in [2.05, 4.69) is 4.90 Å². The number of hydrogen-bond acceptors (Lipinski definition) is 3. The van der Waals surface area contributed by atoms with E-state index in [0.29, 0.717) is 13.0 Å². The van der Waals surface area contributed by atoms with E-state index >= 15 is 0 Å². The smallest absolute Gasteiger partial charge is 0.326 e. The molecule has 2 aliphatic heterocycles. The topological polar surface area (TPSA) is 60.9 Å². The molecule has 2 rings (SSSR count). The molecule has 2 saturated heterocycles. The molecule has 2 fully saturated rings. The van der Waals surface area contributed by atoms with Crippen molar-refractivity contribution in [3.8, 4) is 0 Å². The van der Waals surface area contributed by atoms with Gasteiger partial charge in [0.25, 0.3) is 0 Å². The SMILES string of the molecule is CC(C(=O)N1CCCCC1C(=O)O)N1CCCCCC1. The minimum atomic E-state index is -0.860. The molecule has 2 heterocycles. The molecule has 0 aromatic rings. The third kappa shape index (κ3) is 3.51. The van der Waals surface area contributed by atoms with Gasteiger partial charge in [0, 0.05) is 6.54 Å². The number of likely N-dealkylation sites (tertiary alicyclic amines) is 2. The highest BCUT2D eigenvalue weighted by Crippen LogP contribution is 2.21. The van der Waals surface area contributed by atoms with Gasteiger partial charge in [-0.25, -0.2) is 4.79 Å². The molecule has 114 valence electrons. The fourth-order valence-corrected chi connectivity index (χ4v) is 3.33. The average Bonchev–Trinajstić information content (AvgIpc) is 2.74. The molecule has 0 aromatic carbocycles. The number of carbonyl (C=O) groups is 2. The maximum atomic E-state index is 12.6. The summed E-state index contributed by atoms with van der Waals surface area (Å²) in [4.78, 5) is 27.8. The van der Waals surface area contributed by atoms with Gasteiger partial charge in [-0.15, -0.1) is 0 Å². The van der Waals surface area contributed by atoms with Crippen LogP contribution in [0.1, 0.15) is 51.9 Å². The molecule has 5 heteroatoms. The van der Waals surface area contributed by atoms with Gasteiger partial charge in [-0.3, -0.25) is 9.69 Å². The van der Waals surface area contributed by atoms with Gasteiger partial charge in [0.1, 0.15) is 6.04 Å². The van der Waals surface area contributed by atoms with Crippen LogP contribution in [0.5, 0.6) is 0 Å². The van der Waals surface area contributed by atoms with E-state index in [0.717, 1.165) is 38.8 Å². The first-order valence-electron chi connectivity index (χ1n) is 7.88. The lowest BCUT2D eigenvalue weighted by atomic mass is 10.0. The summed E-state index contributed by atoms with van der Waals surface area (Å²) in [5, 5.41) is 9.29. The Balaban J connectivity index is 2.01. The lowest BCUT2D eigenvalue weighted by Crippen LogP contribution is -2.54. The average molecular weight is 282 g/mol. The number of nitrogens with zero attached hydrogens (tertiary/aromatic N) is 2. The van der Waals surface area contributed by atoms with Crippen molar-refractivity contribution in [2.45, 2.75) is 64.0 Å². The monoisotopic (exact) mass is 282 g/mol. The highest BCUT2D eigenvalue weighted by atomic mass is 16.4. The second-order valence-corrected chi connectivity index (χ2v) is 6.01. The van der Waals surface area contributed by atoms with Crippen LogP contribution < -0.4 is 0 Å². The fourth-order valence-electron chi connectivity index (χ4n) is 3.33. The number of carbonyl (C=O) groups excluding carboxylic acids is 1. The maximum Gasteiger partial charge on any atom is 0.326 e. The summed E-state index contributed by atoms with van der Waals surface area (Å²) in [6.07, 6.45) is 7.16. The molecule has 0 saturated carbocycles. The van der Waals surface area contributed by atoms with Gasteiger partial charge in [0.15, 0.2) is 0 Å². The predicted molar refractivity (Wildman–Crippen MR) is 76.5 cm³/mol. The molecule has 1 N–H and O–H groups in total. The Morgan fingerprint density at radius 1 is 1.00 bits per heavy atom. The lowest BCUT2D eigenvalue weighted by Gasteiger charge is -2.37. The molecular weight excluding hydrogens is 256 g/mol. The van der Waals surface area contributed by atoms with Crippen LogP contribution in [-0.4, -0.2) is 58.5 Å². The Labute approximate surface area is 120 Å². The zero-order valence-electron chi connectivity index (χ0n) is 12.4. The lowest BCUT2D eigenvalue weighted by molar-refractivity contribution is -0.154. The number of piperidine rings is 1. The van der Waals surface area contributed by atoms with Crippen molar-refractivity contribution in [2.75, 3.05) is 19.6 Å². The van der Waals surface area contributed by atoms with E-state index in [1.54, 1.807) is 4.90 Å². The van der Waals surface area contributed by atoms with E-state index < -0.39 is 12.0 Å². The molecule has 0 bridgehead atoms. The van der Waals surface area contributed by atoms with E-state index in [1.165, 1.54) is 12.8 Å². The molecule has 0 spiro atoms. The van der Waals surface area contributed by atoms with Gasteiger partial charge in [-0.05, 0) is 52.1 Å². The number of hydrogen-bond donors (Lipinski definition) is 1. The van der Waals surface area contributed by atoms with Crippen molar-refractivity contribution < 1.29 is 14.7 Å². The first-order valence-corrected chi connectivity index (χ1v) is 7.88. The highest BCUT2D eigenvalue weighted by molar-refractivity contribution is 5.87. The first-order chi connectivity index (χ1) is 9.61. The van der Waals surface area contributed by atoms with E-state index in [9.17, 15) is 14.7 Å². The van der Waals surface area contributed by atoms with Crippen molar-refractivity contribution in [3.05, 3.63) is 0 Å². The Kier molecular flexibility index (Phi) is 5.40. The van der Waals surface area contributed by atoms with Gasteiger partial charge >= 0.3 is 5.97 Å². The number of carboxylic acid groups (broad SMARTS) is 1. The van der Waals surface area contributed by atoms with Crippen LogP contribution in [0, 0.1) is 0 Å². The Hall–Kier alpha value is -1.10. The van der Waals surface area contributed by atoms with E-state index in [1.807, 2.05) is 6.92 Å². The molecular formula is C15H26N2O3. The third-order valence-corrected chi connectivity index (χ3v) is 4.62. The normalized spacial score (nSPS) is 26.9. The van der Waals surface area contributed by atoms with Gasteiger partial charge in [-0.1, -0.05) is 12.8 Å². The van der Waals surface area contributed by atoms with Gasteiger partial charge < -0.3 is 10.0 Å². The summed E-state index contributed by atoms with van der Waals surface area (Å²) in [5.74, 6) is -0.861. The quantitative estimate of drug-likeness (QED) is 0.856. The van der Waals surface area contributed by atoms with Crippen molar-refractivity contribution in [1.82, 2.24) is 9.80 Å². The Bertz CT molecular complexity index is 351. The third-order valence-electron chi connectivity index (χ3n) is 4.62. The summed E-state index contributed by atoms with van der Waals surface area (Å²) >= 11 is 0. The maximum absolute atomic E-state index is 12.6.